The van der Waals surface area contributed by atoms with Crippen molar-refractivity contribution in [1.29, 1.82) is 0 Å². The first-order chi connectivity index (χ1) is 10.1. The van der Waals surface area contributed by atoms with Gasteiger partial charge in [0.2, 0.25) is 5.28 Å². The van der Waals surface area contributed by atoms with Crippen LogP contribution in [-0.2, 0) is 4.74 Å². The predicted molar refractivity (Wildman–Crippen MR) is 86.7 cm³/mol. The summed E-state index contributed by atoms with van der Waals surface area (Å²) in [7, 11) is 0. The number of hydrogen-bond donors (Lipinski definition) is 3. The first kappa shape index (κ1) is 15.0. The SMILES string of the molecule is C=IC1[C@@H](O)[C@@H](CO)O[C@H]1n1cnc2c(N)nc(Cl)nc21. The fourth-order valence-corrected chi connectivity index (χ4v) is 4.45. The highest BCUT2D eigenvalue weighted by Gasteiger charge is 2.43. The van der Waals surface area contributed by atoms with Gasteiger partial charge < -0.3 is 20.7 Å². The number of nitrogens with zero attached hydrogens (tertiary/aromatic N) is 4. The van der Waals surface area contributed by atoms with Crippen molar-refractivity contribution < 1.29 is 14.9 Å². The number of rotatable bonds is 3. The van der Waals surface area contributed by atoms with Crippen LogP contribution >= 0.6 is 32.3 Å². The third-order valence-electron chi connectivity index (χ3n) is 3.35. The average molecular weight is 426 g/mol. The molecule has 1 fully saturated rings. The fourth-order valence-electron chi connectivity index (χ4n) is 2.34. The quantitative estimate of drug-likeness (QED) is 0.362. The van der Waals surface area contributed by atoms with Crippen molar-refractivity contribution in [3.05, 3.63) is 11.6 Å². The number of anilines is 1. The van der Waals surface area contributed by atoms with Crippen LogP contribution in [0, 0.1) is 0 Å². The molecule has 2 aromatic heterocycles. The summed E-state index contributed by atoms with van der Waals surface area (Å²) in [5.41, 5.74) is 6.63. The Labute approximate surface area is 134 Å². The van der Waals surface area contributed by atoms with Crippen LogP contribution in [0.5, 0.6) is 0 Å². The van der Waals surface area contributed by atoms with E-state index in [1.54, 1.807) is 4.57 Å². The Morgan fingerprint density at radius 2 is 2.29 bits per heavy atom. The van der Waals surface area contributed by atoms with Gasteiger partial charge in [0.1, 0.15) is 11.6 Å². The molecule has 0 spiro atoms. The lowest BCUT2D eigenvalue weighted by Crippen LogP contribution is -2.30. The number of halogens is 2. The molecule has 3 heterocycles. The Balaban J connectivity index is 2.10. The van der Waals surface area contributed by atoms with Crippen LogP contribution < -0.4 is 5.73 Å². The summed E-state index contributed by atoms with van der Waals surface area (Å²) in [5.74, 6) is 0.182. The van der Waals surface area contributed by atoms with Crippen molar-refractivity contribution in [3.63, 3.8) is 0 Å². The minimum atomic E-state index is -0.766. The molecule has 3 rings (SSSR count). The second-order valence-corrected chi connectivity index (χ2v) is 7.20. The summed E-state index contributed by atoms with van der Waals surface area (Å²) < 4.78 is 11.1. The van der Waals surface area contributed by atoms with Crippen LogP contribution in [0.15, 0.2) is 6.33 Å². The Morgan fingerprint density at radius 3 is 2.95 bits per heavy atom. The minimum absolute atomic E-state index is 0.0138. The Bertz CT molecular complexity index is 696. The summed E-state index contributed by atoms with van der Waals surface area (Å²) >= 11 is 5.25. The first-order valence-electron chi connectivity index (χ1n) is 6.03. The lowest BCUT2D eigenvalue weighted by molar-refractivity contribution is -0.0429. The number of aliphatic hydroxyl groups excluding tert-OH is 2. The third-order valence-corrected chi connectivity index (χ3v) is 5.89. The van der Waals surface area contributed by atoms with Crippen LogP contribution in [0.2, 0.25) is 5.28 Å². The molecule has 0 aliphatic carbocycles. The minimum Gasteiger partial charge on any atom is -0.394 e. The summed E-state index contributed by atoms with van der Waals surface area (Å²) in [6.07, 6.45) is -0.390. The second kappa shape index (κ2) is 5.72. The van der Waals surface area contributed by atoms with E-state index in [0.29, 0.717) is 11.2 Å². The van der Waals surface area contributed by atoms with Gasteiger partial charge in [-0.15, -0.1) is 20.7 Å². The molecule has 4 atom stereocenters. The van der Waals surface area contributed by atoms with Crippen LogP contribution in [-0.4, -0.2) is 57.0 Å². The van der Waals surface area contributed by atoms with Gasteiger partial charge in [0, 0.05) is 0 Å². The van der Waals surface area contributed by atoms with Crippen molar-refractivity contribution in [2.45, 2.75) is 22.4 Å². The number of aromatic nitrogens is 4. The molecule has 0 amide bonds. The first-order valence-corrected chi connectivity index (χ1v) is 9.18. The molecule has 10 heteroatoms. The molecule has 0 saturated carbocycles. The molecule has 4 N–H and O–H groups in total. The van der Waals surface area contributed by atoms with Gasteiger partial charge in [-0.3, -0.25) is 4.57 Å². The van der Waals surface area contributed by atoms with E-state index in [-0.39, 0.29) is 21.6 Å². The smallest absolute Gasteiger partial charge is 0.226 e. The number of alkyl halides is 1. The molecule has 0 radical (unpaired) electrons. The summed E-state index contributed by atoms with van der Waals surface area (Å²) in [6.45, 7) is -0.261. The highest BCUT2D eigenvalue weighted by molar-refractivity contribution is 14.2. The number of imidazole rings is 1. The summed E-state index contributed by atoms with van der Waals surface area (Å²) in [6, 6.07) is 0. The van der Waals surface area contributed by atoms with Crippen LogP contribution in [0.3, 0.4) is 0 Å². The fraction of sp³-hybridized carbons (Fsp3) is 0.455. The van der Waals surface area contributed by atoms with Crippen LogP contribution in [0.4, 0.5) is 5.82 Å². The number of ether oxygens (including phenoxy) is 1. The van der Waals surface area contributed by atoms with Gasteiger partial charge in [-0.05, 0) is 11.6 Å². The van der Waals surface area contributed by atoms with E-state index in [9.17, 15) is 10.2 Å². The largest absolute Gasteiger partial charge is 0.394 e. The highest BCUT2D eigenvalue weighted by atomic mass is 127. The van der Waals surface area contributed by atoms with Crippen LogP contribution in [0.1, 0.15) is 6.23 Å². The van der Waals surface area contributed by atoms with E-state index in [0.717, 1.165) is 0 Å². The highest BCUT2D eigenvalue weighted by Crippen LogP contribution is 2.38. The van der Waals surface area contributed by atoms with Crippen molar-refractivity contribution in [1.82, 2.24) is 19.5 Å². The average Bonchev–Trinajstić information content (AvgIpc) is 2.99. The molecule has 0 bridgehead atoms. The monoisotopic (exact) mass is 425 g/mol. The summed E-state index contributed by atoms with van der Waals surface area (Å²) in [5, 5.41) is 19.5. The number of nitrogen functional groups attached to an aromatic ring is 1. The van der Waals surface area contributed by atoms with E-state index >= 15 is 0 Å². The maximum Gasteiger partial charge on any atom is 0.226 e. The van der Waals surface area contributed by atoms with Crippen molar-refractivity contribution in [2.24, 2.45) is 0 Å². The third kappa shape index (κ3) is 2.42. The molecule has 8 nitrogen and oxygen atoms in total. The van der Waals surface area contributed by atoms with Gasteiger partial charge in [0.25, 0.3) is 0 Å². The molecule has 1 aliphatic rings. The molecule has 21 heavy (non-hydrogen) atoms. The second-order valence-electron chi connectivity index (χ2n) is 4.54. The molecule has 0 aromatic carbocycles. The number of aliphatic hydroxyl groups is 2. The van der Waals surface area contributed by atoms with Crippen molar-refractivity contribution in [2.75, 3.05) is 12.3 Å². The van der Waals surface area contributed by atoms with E-state index in [2.05, 4.69) is 19.5 Å². The Morgan fingerprint density at radius 1 is 1.52 bits per heavy atom. The number of fused-ring (bicyclic) bond motifs is 1. The van der Waals surface area contributed by atoms with Gasteiger partial charge in [-0.2, -0.15) is 9.97 Å². The summed E-state index contributed by atoms with van der Waals surface area (Å²) in [4.78, 5) is 12.1. The molecular weight excluding hydrogens is 413 g/mol. The van der Waals surface area contributed by atoms with E-state index in [1.807, 2.05) is 0 Å². The maximum absolute atomic E-state index is 10.2. The molecule has 2 aromatic rings. The lowest BCUT2D eigenvalue weighted by Gasteiger charge is -2.17. The molecule has 1 saturated heterocycles. The normalized spacial score (nSPS) is 29.3. The van der Waals surface area contributed by atoms with Gasteiger partial charge >= 0.3 is 0 Å². The van der Waals surface area contributed by atoms with Crippen LogP contribution in [0.25, 0.3) is 11.2 Å². The van der Waals surface area contributed by atoms with E-state index in [1.165, 1.54) is 6.33 Å². The zero-order chi connectivity index (χ0) is 15.1. The zero-order valence-electron chi connectivity index (χ0n) is 10.7. The van der Waals surface area contributed by atoms with Crippen molar-refractivity contribution >= 4 is 53.8 Å². The lowest BCUT2D eigenvalue weighted by atomic mass is 10.2. The maximum atomic E-state index is 10.2. The van der Waals surface area contributed by atoms with E-state index < -0.39 is 39.2 Å². The van der Waals surface area contributed by atoms with Crippen molar-refractivity contribution in [3.8, 4) is 0 Å². The number of nitrogens with two attached hydrogens (primary N) is 1. The standard InChI is InChI=1S/C11H13ClIN5O3/c1-13-5-7(20)4(2-19)21-10(5)18-3-15-6-8(14)16-11(12)17-9(6)18/h3-5,7,10,19-20H,1-2H2,(H2,14,16,17)/t4-,5?,7+,10-/m1/s1. The topological polar surface area (TPSA) is 119 Å². The molecule has 1 aliphatic heterocycles. The van der Waals surface area contributed by atoms with Gasteiger partial charge in [-0.25, -0.2) is 4.98 Å². The molecule has 1 unspecified atom stereocenters. The predicted octanol–water partition coefficient (Wildman–Crippen LogP) is 0.0838. The number of hydrogen-bond acceptors (Lipinski definition) is 7. The van der Waals surface area contributed by atoms with Gasteiger partial charge in [0.05, 0.1) is 23.0 Å². The Kier molecular flexibility index (Phi) is 4.10. The van der Waals surface area contributed by atoms with E-state index in [4.69, 9.17) is 22.1 Å². The molecular formula is C11H13ClIN5O3. The molecule has 114 valence electrons. The Hall–Kier alpha value is -0.880. The zero-order valence-corrected chi connectivity index (χ0v) is 13.6. The van der Waals surface area contributed by atoms with Gasteiger partial charge in [-0.1, -0.05) is 4.51 Å². The van der Waals surface area contributed by atoms with Gasteiger partial charge in [0.15, 0.2) is 17.7 Å².